The molecule has 2 N–H and O–H groups in total. The molecule has 0 amide bonds. The Bertz CT molecular complexity index is 380. The van der Waals surface area contributed by atoms with E-state index in [-0.39, 0.29) is 6.04 Å². The normalized spacial score (nSPS) is 21.4. The highest BCUT2D eigenvalue weighted by molar-refractivity contribution is 9.10. The summed E-state index contributed by atoms with van der Waals surface area (Å²) < 4.78 is 6.50. The summed E-state index contributed by atoms with van der Waals surface area (Å²) in [6.07, 6.45) is 2.12. The van der Waals surface area contributed by atoms with Crippen molar-refractivity contribution in [1.82, 2.24) is 4.90 Å². The number of benzene rings is 1. The topological polar surface area (TPSA) is 38.5 Å². The van der Waals surface area contributed by atoms with Gasteiger partial charge < -0.3 is 15.4 Å². The third-order valence-electron chi connectivity index (χ3n) is 3.60. The summed E-state index contributed by atoms with van der Waals surface area (Å²) in [7, 11) is 2.16. The van der Waals surface area contributed by atoms with Crippen molar-refractivity contribution in [3.05, 3.63) is 34.3 Å². The van der Waals surface area contributed by atoms with E-state index in [1.54, 1.807) is 0 Å². The predicted octanol–water partition coefficient (Wildman–Crippen LogP) is 2.56. The lowest BCUT2D eigenvalue weighted by molar-refractivity contribution is 0.157. The van der Waals surface area contributed by atoms with Crippen LogP contribution in [0.1, 0.15) is 24.4 Å². The molecule has 3 nitrogen and oxygen atoms in total. The zero-order valence-electron chi connectivity index (χ0n) is 10.8. The molecule has 4 heteroatoms. The van der Waals surface area contributed by atoms with E-state index in [9.17, 15) is 0 Å². The monoisotopic (exact) mass is 312 g/mol. The fourth-order valence-corrected chi connectivity index (χ4v) is 2.72. The smallest absolute Gasteiger partial charge is 0.0622 e. The quantitative estimate of drug-likeness (QED) is 0.908. The highest BCUT2D eigenvalue weighted by atomic mass is 79.9. The van der Waals surface area contributed by atoms with Crippen molar-refractivity contribution in [2.75, 3.05) is 26.8 Å². The molecule has 1 heterocycles. The van der Waals surface area contributed by atoms with Crippen LogP contribution in [0, 0.1) is 0 Å². The highest BCUT2D eigenvalue weighted by Gasteiger charge is 2.20. The Labute approximate surface area is 117 Å². The van der Waals surface area contributed by atoms with Crippen molar-refractivity contribution < 1.29 is 4.74 Å². The maximum absolute atomic E-state index is 6.23. The molecule has 1 saturated heterocycles. The zero-order valence-corrected chi connectivity index (χ0v) is 12.4. The molecule has 1 fully saturated rings. The average molecular weight is 313 g/mol. The number of hydrogen-bond acceptors (Lipinski definition) is 3. The maximum atomic E-state index is 6.23. The minimum atomic E-state index is 0.104. The van der Waals surface area contributed by atoms with Crippen LogP contribution in [0.3, 0.4) is 0 Å². The highest BCUT2D eigenvalue weighted by Crippen LogP contribution is 2.20. The molecule has 18 heavy (non-hydrogen) atoms. The van der Waals surface area contributed by atoms with Gasteiger partial charge >= 0.3 is 0 Å². The van der Waals surface area contributed by atoms with Gasteiger partial charge in [0.25, 0.3) is 0 Å². The number of halogens is 1. The Morgan fingerprint density at radius 1 is 1.56 bits per heavy atom. The Morgan fingerprint density at radius 3 is 3.06 bits per heavy atom. The molecular weight excluding hydrogens is 292 g/mol. The molecule has 1 aromatic rings. The molecule has 0 saturated carbocycles. The second-order valence-electron chi connectivity index (χ2n) is 4.95. The molecule has 2 rings (SSSR count). The molecule has 0 radical (unpaired) electrons. The van der Waals surface area contributed by atoms with Gasteiger partial charge in [0.2, 0.25) is 0 Å². The second-order valence-corrected chi connectivity index (χ2v) is 5.86. The largest absolute Gasteiger partial charge is 0.380 e. The first kappa shape index (κ1) is 14.0. The lowest BCUT2D eigenvalue weighted by atomic mass is 10.0. The van der Waals surface area contributed by atoms with Crippen LogP contribution in [-0.4, -0.2) is 37.7 Å². The molecule has 2 atom stereocenters. The van der Waals surface area contributed by atoms with Crippen LogP contribution in [0.2, 0.25) is 0 Å². The van der Waals surface area contributed by atoms with Crippen molar-refractivity contribution in [1.29, 1.82) is 0 Å². The Hall–Kier alpha value is -0.420. The van der Waals surface area contributed by atoms with E-state index in [0.717, 1.165) is 37.1 Å². The summed E-state index contributed by atoms with van der Waals surface area (Å²) in [5.74, 6) is 0. The number of hydrogen-bond donors (Lipinski definition) is 1. The Kier molecular flexibility index (Phi) is 5.18. The van der Waals surface area contributed by atoms with Crippen molar-refractivity contribution >= 4 is 15.9 Å². The zero-order chi connectivity index (χ0) is 13.0. The van der Waals surface area contributed by atoms with Gasteiger partial charge in [-0.1, -0.05) is 28.1 Å². The summed E-state index contributed by atoms with van der Waals surface area (Å²) in [5, 5.41) is 0. The van der Waals surface area contributed by atoms with Gasteiger partial charge in [-0.05, 0) is 37.6 Å². The van der Waals surface area contributed by atoms with E-state index in [0.29, 0.717) is 6.04 Å². The van der Waals surface area contributed by atoms with E-state index in [2.05, 4.69) is 40.0 Å². The summed E-state index contributed by atoms with van der Waals surface area (Å²) in [6.45, 7) is 2.77. The van der Waals surface area contributed by atoms with Crippen molar-refractivity contribution in [2.24, 2.45) is 5.73 Å². The second kappa shape index (κ2) is 6.66. The molecule has 0 bridgehead atoms. The molecule has 1 aliphatic rings. The van der Waals surface area contributed by atoms with Crippen molar-refractivity contribution in [3.63, 3.8) is 0 Å². The first-order valence-electron chi connectivity index (χ1n) is 6.46. The van der Waals surface area contributed by atoms with Crippen LogP contribution in [0.25, 0.3) is 0 Å². The lowest BCUT2D eigenvalue weighted by Crippen LogP contribution is -2.34. The fourth-order valence-electron chi connectivity index (χ4n) is 2.30. The van der Waals surface area contributed by atoms with E-state index in [1.807, 2.05) is 12.1 Å². The van der Waals surface area contributed by atoms with Crippen LogP contribution in [0.15, 0.2) is 28.7 Å². The summed E-state index contributed by atoms with van der Waals surface area (Å²) >= 11 is 3.48. The number of nitrogens with zero attached hydrogens (tertiary/aromatic N) is 1. The van der Waals surface area contributed by atoms with Gasteiger partial charge in [0.05, 0.1) is 6.61 Å². The van der Waals surface area contributed by atoms with Crippen LogP contribution in [-0.2, 0) is 4.74 Å². The SMILES string of the molecule is CN(CCC(N)c1cccc(Br)c1)C1CCOC1. The third kappa shape index (κ3) is 3.79. The van der Waals surface area contributed by atoms with E-state index >= 15 is 0 Å². The van der Waals surface area contributed by atoms with Gasteiger partial charge in [-0.3, -0.25) is 0 Å². The number of nitrogens with two attached hydrogens (primary N) is 1. The summed E-state index contributed by atoms with van der Waals surface area (Å²) in [5.41, 5.74) is 7.43. The number of ether oxygens (including phenoxy) is 1. The van der Waals surface area contributed by atoms with Gasteiger partial charge in [0, 0.05) is 29.7 Å². The minimum Gasteiger partial charge on any atom is -0.380 e. The Balaban J connectivity index is 1.82. The van der Waals surface area contributed by atoms with Gasteiger partial charge in [0.15, 0.2) is 0 Å². The molecule has 100 valence electrons. The molecular formula is C14H21BrN2O. The molecule has 0 spiro atoms. The van der Waals surface area contributed by atoms with Crippen LogP contribution < -0.4 is 5.73 Å². The standard InChI is InChI=1S/C14H21BrN2O/c1-17(13-6-8-18-10-13)7-5-14(16)11-3-2-4-12(15)9-11/h2-4,9,13-14H,5-8,10,16H2,1H3. The van der Waals surface area contributed by atoms with Crippen LogP contribution >= 0.6 is 15.9 Å². The van der Waals surface area contributed by atoms with E-state index in [4.69, 9.17) is 10.5 Å². The average Bonchev–Trinajstić information content (AvgIpc) is 2.89. The van der Waals surface area contributed by atoms with Crippen molar-refractivity contribution in [2.45, 2.75) is 24.9 Å². The van der Waals surface area contributed by atoms with Crippen molar-refractivity contribution in [3.8, 4) is 0 Å². The lowest BCUT2D eigenvalue weighted by Gasteiger charge is -2.24. The van der Waals surface area contributed by atoms with E-state index in [1.165, 1.54) is 5.56 Å². The maximum Gasteiger partial charge on any atom is 0.0622 e. The van der Waals surface area contributed by atoms with Crippen LogP contribution in [0.5, 0.6) is 0 Å². The molecule has 0 aromatic heterocycles. The number of likely N-dealkylation sites (N-methyl/N-ethyl adjacent to an activating group) is 1. The van der Waals surface area contributed by atoms with Crippen LogP contribution in [0.4, 0.5) is 0 Å². The predicted molar refractivity (Wildman–Crippen MR) is 77.5 cm³/mol. The first-order valence-corrected chi connectivity index (χ1v) is 7.25. The molecule has 2 unspecified atom stereocenters. The van der Waals surface area contributed by atoms with E-state index < -0.39 is 0 Å². The summed E-state index contributed by atoms with van der Waals surface area (Å²) in [4.78, 5) is 2.37. The van der Waals surface area contributed by atoms with Gasteiger partial charge in [-0.15, -0.1) is 0 Å². The van der Waals surface area contributed by atoms with Gasteiger partial charge in [-0.25, -0.2) is 0 Å². The summed E-state index contributed by atoms with van der Waals surface area (Å²) in [6, 6.07) is 8.93. The molecule has 1 aliphatic heterocycles. The number of rotatable bonds is 5. The fraction of sp³-hybridized carbons (Fsp3) is 0.571. The Morgan fingerprint density at radius 2 is 2.39 bits per heavy atom. The first-order chi connectivity index (χ1) is 8.66. The third-order valence-corrected chi connectivity index (χ3v) is 4.09. The molecule has 0 aliphatic carbocycles. The van der Waals surface area contributed by atoms with Gasteiger partial charge in [-0.2, -0.15) is 0 Å². The minimum absolute atomic E-state index is 0.104. The van der Waals surface area contributed by atoms with Gasteiger partial charge in [0.1, 0.15) is 0 Å². The molecule has 1 aromatic carbocycles.